The molecular weight excluding hydrogens is 348 g/mol. The highest BCUT2D eigenvalue weighted by Crippen LogP contribution is 2.40. The van der Waals surface area contributed by atoms with Gasteiger partial charge in [0.1, 0.15) is 0 Å². The monoisotopic (exact) mass is 384 g/mol. The molecule has 0 unspecified atom stereocenters. The van der Waals surface area contributed by atoms with Gasteiger partial charge in [-0.3, -0.25) is 0 Å². The summed E-state index contributed by atoms with van der Waals surface area (Å²) in [4.78, 5) is 7.18. The lowest BCUT2D eigenvalue weighted by molar-refractivity contribution is 0.138. The van der Waals surface area contributed by atoms with Crippen molar-refractivity contribution in [2.75, 3.05) is 44.8 Å². The molecule has 1 heterocycles. The standard InChI is InChI=1S/C23H36N4O/c1-3-24-22(26-19-23(14-17-28-2)12-4-5-13-23)25-18-20-8-10-21(11-9-20)27-15-6-7-16-27/h6-11H,3-5,12-19H2,1-2H3,(H2,24,25,26). The number of hydrogen-bond acceptors (Lipinski definition) is 3. The maximum absolute atomic E-state index is 5.35. The molecule has 2 N–H and O–H groups in total. The van der Waals surface area contributed by atoms with Crippen LogP contribution in [0.5, 0.6) is 0 Å². The van der Waals surface area contributed by atoms with Crippen molar-refractivity contribution in [3.63, 3.8) is 0 Å². The van der Waals surface area contributed by atoms with Crippen LogP contribution < -0.4 is 15.5 Å². The zero-order valence-corrected chi connectivity index (χ0v) is 17.5. The average molecular weight is 385 g/mol. The van der Waals surface area contributed by atoms with Crippen molar-refractivity contribution in [3.8, 4) is 0 Å². The molecule has 154 valence electrons. The Morgan fingerprint density at radius 3 is 2.46 bits per heavy atom. The third-order valence-corrected chi connectivity index (χ3v) is 6.02. The molecule has 1 saturated carbocycles. The Morgan fingerprint density at radius 2 is 1.82 bits per heavy atom. The molecule has 0 spiro atoms. The minimum atomic E-state index is 0.359. The fourth-order valence-corrected chi connectivity index (χ4v) is 4.24. The maximum atomic E-state index is 5.35. The zero-order chi connectivity index (χ0) is 19.7. The third kappa shape index (κ3) is 5.74. The number of benzene rings is 1. The summed E-state index contributed by atoms with van der Waals surface area (Å²) < 4.78 is 5.35. The van der Waals surface area contributed by atoms with Gasteiger partial charge in [0.2, 0.25) is 0 Å². The van der Waals surface area contributed by atoms with Gasteiger partial charge < -0.3 is 20.3 Å². The number of nitrogens with zero attached hydrogens (tertiary/aromatic N) is 2. The van der Waals surface area contributed by atoms with E-state index in [2.05, 4.69) is 58.9 Å². The number of ether oxygens (including phenoxy) is 1. The Kier molecular flexibility index (Phi) is 7.78. The molecule has 0 amide bonds. The van der Waals surface area contributed by atoms with E-state index < -0.39 is 0 Å². The highest BCUT2D eigenvalue weighted by atomic mass is 16.5. The summed E-state index contributed by atoms with van der Waals surface area (Å²) in [5.74, 6) is 0.916. The van der Waals surface area contributed by atoms with Gasteiger partial charge in [0.15, 0.2) is 5.96 Å². The number of aliphatic imine (C=N–C) groups is 1. The molecular formula is C23H36N4O. The van der Waals surface area contributed by atoms with E-state index in [4.69, 9.17) is 9.73 Å². The summed E-state index contributed by atoms with van der Waals surface area (Å²) in [5, 5.41) is 7.00. The Balaban J connectivity index is 1.55. The van der Waals surface area contributed by atoms with Crippen LogP contribution in [0.25, 0.3) is 0 Å². The predicted molar refractivity (Wildman–Crippen MR) is 118 cm³/mol. The van der Waals surface area contributed by atoms with Gasteiger partial charge in [0.25, 0.3) is 0 Å². The molecule has 3 rings (SSSR count). The van der Waals surface area contributed by atoms with Gasteiger partial charge in [-0.15, -0.1) is 0 Å². The number of methoxy groups -OCH3 is 1. The Bertz CT molecular complexity index is 639. The van der Waals surface area contributed by atoms with Crippen molar-refractivity contribution in [2.45, 2.75) is 45.6 Å². The molecule has 0 saturated heterocycles. The summed E-state index contributed by atoms with van der Waals surface area (Å²) in [7, 11) is 1.80. The van der Waals surface area contributed by atoms with Crippen molar-refractivity contribution in [2.24, 2.45) is 10.4 Å². The van der Waals surface area contributed by atoms with Crippen LogP contribution in [0.4, 0.5) is 5.69 Å². The van der Waals surface area contributed by atoms with Crippen molar-refractivity contribution in [3.05, 3.63) is 42.0 Å². The van der Waals surface area contributed by atoms with Crippen LogP contribution in [0, 0.1) is 5.41 Å². The van der Waals surface area contributed by atoms with Gasteiger partial charge in [-0.25, -0.2) is 4.99 Å². The average Bonchev–Trinajstić information content (AvgIpc) is 3.42. The van der Waals surface area contributed by atoms with Crippen LogP contribution >= 0.6 is 0 Å². The van der Waals surface area contributed by atoms with E-state index in [9.17, 15) is 0 Å². The maximum Gasteiger partial charge on any atom is 0.191 e. The van der Waals surface area contributed by atoms with Crippen molar-refractivity contribution < 1.29 is 4.74 Å². The van der Waals surface area contributed by atoms with Gasteiger partial charge >= 0.3 is 0 Å². The summed E-state index contributed by atoms with van der Waals surface area (Å²) in [6.45, 7) is 7.52. The van der Waals surface area contributed by atoms with E-state index in [-0.39, 0.29) is 0 Å². The van der Waals surface area contributed by atoms with E-state index in [1.54, 1.807) is 7.11 Å². The van der Waals surface area contributed by atoms with Crippen LogP contribution in [0.1, 0.15) is 44.6 Å². The summed E-state index contributed by atoms with van der Waals surface area (Å²) in [6.07, 6.45) is 10.8. The summed E-state index contributed by atoms with van der Waals surface area (Å²) >= 11 is 0. The van der Waals surface area contributed by atoms with Crippen LogP contribution in [0.15, 0.2) is 41.4 Å². The third-order valence-electron chi connectivity index (χ3n) is 6.02. The lowest BCUT2D eigenvalue weighted by Crippen LogP contribution is -2.43. The zero-order valence-electron chi connectivity index (χ0n) is 17.5. The molecule has 5 nitrogen and oxygen atoms in total. The molecule has 2 aliphatic rings. The number of anilines is 1. The van der Waals surface area contributed by atoms with Crippen LogP contribution in [0.2, 0.25) is 0 Å². The molecule has 28 heavy (non-hydrogen) atoms. The second-order valence-electron chi connectivity index (χ2n) is 8.04. The molecule has 0 bridgehead atoms. The lowest BCUT2D eigenvalue weighted by Gasteiger charge is -2.30. The van der Waals surface area contributed by atoms with E-state index in [1.807, 2.05) is 0 Å². The smallest absolute Gasteiger partial charge is 0.191 e. The van der Waals surface area contributed by atoms with Crippen LogP contribution in [-0.4, -0.2) is 45.9 Å². The fraction of sp³-hybridized carbons (Fsp3) is 0.609. The van der Waals surface area contributed by atoms with Gasteiger partial charge in [-0.05, 0) is 49.3 Å². The van der Waals surface area contributed by atoms with Gasteiger partial charge in [0, 0.05) is 45.6 Å². The van der Waals surface area contributed by atoms with E-state index in [1.165, 1.54) is 36.9 Å². The first-order chi connectivity index (χ1) is 13.7. The minimum absolute atomic E-state index is 0.359. The number of guanidine groups is 1. The number of hydrogen-bond donors (Lipinski definition) is 2. The van der Waals surface area contributed by atoms with E-state index >= 15 is 0 Å². The molecule has 1 aliphatic heterocycles. The van der Waals surface area contributed by atoms with Crippen molar-refractivity contribution in [1.29, 1.82) is 0 Å². The molecule has 0 atom stereocenters. The van der Waals surface area contributed by atoms with E-state index in [0.717, 1.165) is 45.2 Å². The van der Waals surface area contributed by atoms with E-state index in [0.29, 0.717) is 12.0 Å². The lowest BCUT2D eigenvalue weighted by atomic mass is 9.83. The second-order valence-corrected chi connectivity index (χ2v) is 8.04. The predicted octanol–water partition coefficient (Wildman–Crippen LogP) is 3.71. The molecule has 5 heteroatoms. The van der Waals surface area contributed by atoms with Gasteiger partial charge in [0.05, 0.1) is 6.54 Å². The summed E-state index contributed by atoms with van der Waals surface area (Å²) in [6, 6.07) is 8.79. The number of nitrogens with one attached hydrogen (secondary N) is 2. The first kappa shape index (κ1) is 20.7. The molecule has 0 radical (unpaired) electrons. The van der Waals surface area contributed by atoms with Crippen molar-refractivity contribution in [1.82, 2.24) is 10.6 Å². The molecule has 1 aromatic rings. The van der Waals surface area contributed by atoms with Crippen molar-refractivity contribution >= 4 is 11.6 Å². The second kappa shape index (κ2) is 10.5. The SMILES string of the molecule is CCNC(=NCc1ccc(N2CC=CC2)cc1)NCC1(CCOC)CCCC1. The first-order valence-corrected chi connectivity index (χ1v) is 10.7. The first-order valence-electron chi connectivity index (χ1n) is 10.7. The van der Waals surface area contributed by atoms with Gasteiger partial charge in [-0.2, -0.15) is 0 Å². The fourth-order valence-electron chi connectivity index (χ4n) is 4.24. The molecule has 0 aromatic heterocycles. The largest absolute Gasteiger partial charge is 0.385 e. The normalized spacial score (nSPS) is 18.6. The molecule has 1 aromatic carbocycles. The minimum Gasteiger partial charge on any atom is -0.385 e. The highest BCUT2D eigenvalue weighted by molar-refractivity contribution is 5.79. The summed E-state index contributed by atoms with van der Waals surface area (Å²) in [5.41, 5.74) is 2.88. The Hall–Kier alpha value is -2.01. The van der Waals surface area contributed by atoms with Crippen LogP contribution in [0.3, 0.4) is 0 Å². The quantitative estimate of drug-likeness (QED) is 0.387. The number of rotatable bonds is 9. The highest BCUT2D eigenvalue weighted by Gasteiger charge is 2.33. The van der Waals surface area contributed by atoms with Gasteiger partial charge in [-0.1, -0.05) is 37.1 Å². The molecule has 1 aliphatic carbocycles. The Morgan fingerprint density at radius 1 is 1.11 bits per heavy atom. The molecule has 1 fully saturated rings. The Labute approximate surface area is 170 Å². The van der Waals surface area contributed by atoms with Crippen LogP contribution in [-0.2, 0) is 11.3 Å². The topological polar surface area (TPSA) is 48.9 Å².